The number of hydrogen-bond acceptors (Lipinski definition) is 5. The van der Waals surface area contributed by atoms with Gasteiger partial charge in [0.05, 0.1) is 31.3 Å². The molecule has 90 valence electrons. The molecule has 0 fully saturated rings. The summed E-state index contributed by atoms with van der Waals surface area (Å²) in [5, 5.41) is 27.6. The van der Waals surface area contributed by atoms with E-state index in [4.69, 9.17) is 15.1 Å². The van der Waals surface area contributed by atoms with E-state index in [1.54, 1.807) is 6.92 Å². The van der Waals surface area contributed by atoms with Gasteiger partial charge in [-0.25, -0.2) is 0 Å². The quantitative estimate of drug-likeness (QED) is 0.755. The van der Waals surface area contributed by atoms with Gasteiger partial charge in [-0.3, -0.25) is 4.79 Å². The maximum Gasteiger partial charge on any atom is 0.310 e. The number of rotatable bonds is 4. The number of carbonyl (C=O) groups excluding carboxylic acids is 1. The van der Waals surface area contributed by atoms with Crippen LogP contribution in [0, 0.1) is 11.3 Å². The third kappa shape index (κ3) is 2.95. The second-order valence-electron chi connectivity index (χ2n) is 3.35. The Morgan fingerprint density at radius 2 is 2.24 bits per heavy atom. The fraction of sp³-hybridized carbons (Fsp3) is 0.333. The molecule has 17 heavy (non-hydrogen) atoms. The average molecular weight is 235 g/mol. The summed E-state index contributed by atoms with van der Waals surface area (Å²) in [6.45, 7) is 1.50. The van der Waals surface area contributed by atoms with E-state index < -0.39 is 12.6 Å². The van der Waals surface area contributed by atoms with Crippen LogP contribution in [0.5, 0.6) is 5.75 Å². The van der Waals surface area contributed by atoms with Crippen molar-refractivity contribution >= 4 is 5.97 Å². The zero-order valence-electron chi connectivity index (χ0n) is 9.43. The molecule has 1 rings (SSSR count). The van der Waals surface area contributed by atoms with Crippen molar-refractivity contribution in [1.82, 2.24) is 0 Å². The third-order valence-electron chi connectivity index (χ3n) is 2.28. The van der Waals surface area contributed by atoms with Crippen LogP contribution in [-0.4, -0.2) is 22.8 Å². The first kappa shape index (κ1) is 13.0. The smallest absolute Gasteiger partial charge is 0.310 e. The van der Waals surface area contributed by atoms with Gasteiger partial charge in [-0.15, -0.1) is 0 Å². The number of benzene rings is 1. The van der Waals surface area contributed by atoms with Crippen LogP contribution >= 0.6 is 0 Å². The van der Waals surface area contributed by atoms with Gasteiger partial charge in [-0.2, -0.15) is 5.26 Å². The SMILES string of the molecule is CCOC(=O)Cc1ccc(C#N)c(CO)c1O. The van der Waals surface area contributed by atoms with E-state index in [1.165, 1.54) is 12.1 Å². The Morgan fingerprint density at radius 1 is 1.53 bits per heavy atom. The van der Waals surface area contributed by atoms with E-state index in [0.717, 1.165) is 0 Å². The summed E-state index contributed by atoms with van der Waals surface area (Å²) in [4.78, 5) is 11.3. The maximum absolute atomic E-state index is 11.3. The lowest BCUT2D eigenvalue weighted by atomic mass is 10.0. The molecule has 0 bridgehead atoms. The lowest BCUT2D eigenvalue weighted by molar-refractivity contribution is -0.142. The fourth-order valence-corrected chi connectivity index (χ4v) is 1.46. The summed E-state index contributed by atoms with van der Waals surface area (Å²) in [6.07, 6.45) is -0.0849. The van der Waals surface area contributed by atoms with Crippen LogP contribution in [0.15, 0.2) is 12.1 Å². The zero-order valence-corrected chi connectivity index (χ0v) is 9.43. The molecule has 1 aromatic rings. The van der Waals surface area contributed by atoms with Crippen molar-refractivity contribution in [2.24, 2.45) is 0 Å². The van der Waals surface area contributed by atoms with Crippen molar-refractivity contribution in [3.8, 4) is 11.8 Å². The summed E-state index contributed by atoms with van der Waals surface area (Å²) in [7, 11) is 0. The van der Waals surface area contributed by atoms with Crippen LogP contribution in [0.4, 0.5) is 0 Å². The number of carbonyl (C=O) groups is 1. The predicted octanol–water partition coefficient (Wildman–Crippen LogP) is 0.862. The van der Waals surface area contributed by atoms with Gasteiger partial charge in [0.2, 0.25) is 0 Å². The largest absolute Gasteiger partial charge is 0.507 e. The molecule has 0 aliphatic carbocycles. The Hall–Kier alpha value is -2.06. The minimum Gasteiger partial charge on any atom is -0.507 e. The van der Waals surface area contributed by atoms with E-state index in [9.17, 15) is 9.90 Å². The minimum absolute atomic E-state index is 0.0849. The highest BCUT2D eigenvalue weighted by atomic mass is 16.5. The van der Waals surface area contributed by atoms with E-state index in [1.807, 2.05) is 6.07 Å². The van der Waals surface area contributed by atoms with Crippen molar-refractivity contribution in [2.75, 3.05) is 6.61 Å². The van der Waals surface area contributed by atoms with Crippen LogP contribution in [0.25, 0.3) is 0 Å². The summed E-state index contributed by atoms with van der Waals surface area (Å²) in [5.41, 5.74) is 0.665. The van der Waals surface area contributed by atoms with Crippen LogP contribution in [0.3, 0.4) is 0 Å². The fourth-order valence-electron chi connectivity index (χ4n) is 1.46. The first-order valence-electron chi connectivity index (χ1n) is 5.14. The van der Waals surface area contributed by atoms with Crippen molar-refractivity contribution < 1.29 is 19.7 Å². The van der Waals surface area contributed by atoms with Gasteiger partial charge >= 0.3 is 5.97 Å². The minimum atomic E-state index is -0.462. The lowest BCUT2D eigenvalue weighted by Crippen LogP contribution is -2.08. The molecule has 1 aromatic carbocycles. The summed E-state index contributed by atoms with van der Waals surface area (Å²) < 4.78 is 4.75. The summed E-state index contributed by atoms with van der Waals surface area (Å²) in [5.74, 6) is -0.684. The second-order valence-corrected chi connectivity index (χ2v) is 3.35. The highest BCUT2D eigenvalue weighted by molar-refractivity contribution is 5.74. The molecule has 0 heterocycles. The van der Waals surface area contributed by atoms with Crippen molar-refractivity contribution in [3.63, 3.8) is 0 Å². The molecule has 0 aliphatic heterocycles. The molecule has 0 spiro atoms. The Morgan fingerprint density at radius 3 is 2.76 bits per heavy atom. The van der Waals surface area contributed by atoms with Crippen LogP contribution in [0.2, 0.25) is 0 Å². The molecular weight excluding hydrogens is 222 g/mol. The molecule has 0 saturated heterocycles. The van der Waals surface area contributed by atoms with Gasteiger partial charge in [-0.1, -0.05) is 6.07 Å². The number of nitriles is 1. The van der Waals surface area contributed by atoms with Gasteiger partial charge in [-0.05, 0) is 13.0 Å². The highest BCUT2D eigenvalue weighted by Crippen LogP contribution is 2.26. The number of aromatic hydroxyl groups is 1. The maximum atomic E-state index is 11.3. The van der Waals surface area contributed by atoms with Crippen molar-refractivity contribution in [1.29, 1.82) is 5.26 Å². The molecule has 0 aromatic heterocycles. The highest BCUT2D eigenvalue weighted by Gasteiger charge is 2.14. The van der Waals surface area contributed by atoms with Crippen LogP contribution < -0.4 is 0 Å². The molecule has 5 nitrogen and oxygen atoms in total. The molecule has 0 atom stereocenters. The molecule has 5 heteroatoms. The number of ether oxygens (including phenoxy) is 1. The molecule has 0 amide bonds. The number of nitrogens with zero attached hydrogens (tertiary/aromatic N) is 1. The number of esters is 1. The number of hydrogen-bond donors (Lipinski definition) is 2. The molecule has 0 radical (unpaired) electrons. The first-order chi connectivity index (χ1) is 8.13. The van der Waals surface area contributed by atoms with E-state index >= 15 is 0 Å². The van der Waals surface area contributed by atoms with Gasteiger partial charge in [0.1, 0.15) is 5.75 Å². The van der Waals surface area contributed by atoms with Crippen LogP contribution in [-0.2, 0) is 22.6 Å². The van der Waals surface area contributed by atoms with E-state index in [-0.39, 0.29) is 29.9 Å². The van der Waals surface area contributed by atoms with Crippen molar-refractivity contribution in [2.45, 2.75) is 20.0 Å². The third-order valence-corrected chi connectivity index (χ3v) is 2.28. The number of phenols is 1. The topological polar surface area (TPSA) is 90.6 Å². The second kappa shape index (κ2) is 5.87. The molecule has 0 unspecified atom stereocenters. The van der Waals surface area contributed by atoms with Crippen LogP contribution in [0.1, 0.15) is 23.6 Å². The monoisotopic (exact) mass is 235 g/mol. The Labute approximate surface area is 98.9 Å². The number of aliphatic hydroxyl groups is 1. The van der Waals surface area contributed by atoms with Crippen molar-refractivity contribution in [3.05, 3.63) is 28.8 Å². The summed E-state index contributed by atoms with van der Waals surface area (Å²) in [6, 6.07) is 4.79. The Balaban J connectivity index is 3.03. The van der Waals surface area contributed by atoms with E-state index in [0.29, 0.717) is 5.56 Å². The van der Waals surface area contributed by atoms with E-state index in [2.05, 4.69) is 0 Å². The summed E-state index contributed by atoms with van der Waals surface area (Å²) >= 11 is 0. The molecule has 2 N–H and O–H groups in total. The van der Waals surface area contributed by atoms with Gasteiger partial charge in [0.15, 0.2) is 0 Å². The molecule has 0 aliphatic rings. The Kier molecular flexibility index (Phi) is 4.49. The first-order valence-corrected chi connectivity index (χ1v) is 5.14. The standard InChI is InChI=1S/C12H13NO4/c1-2-17-11(15)5-8-3-4-9(6-13)10(7-14)12(8)16/h3-4,14,16H,2,5,7H2,1H3. The predicted molar refractivity (Wildman–Crippen MR) is 59.1 cm³/mol. The zero-order chi connectivity index (χ0) is 12.8. The lowest BCUT2D eigenvalue weighted by Gasteiger charge is -2.09. The molecular formula is C12H13NO4. The van der Waals surface area contributed by atoms with Gasteiger partial charge in [0, 0.05) is 11.1 Å². The van der Waals surface area contributed by atoms with Gasteiger partial charge < -0.3 is 14.9 Å². The number of aliphatic hydroxyl groups excluding tert-OH is 1. The molecule has 0 saturated carbocycles. The Bertz CT molecular complexity index is 462. The van der Waals surface area contributed by atoms with Gasteiger partial charge in [0.25, 0.3) is 0 Å². The average Bonchev–Trinajstić information content (AvgIpc) is 2.31. The normalized spacial score (nSPS) is 9.71.